The molecule has 148 valence electrons. The molecular formula is C20H28N2O5. The Morgan fingerprint density at radius 1 is 1.11 bits per heavy atom. The largest absolute Gasteiger partial charge is 0.493 e. The second kappa shape index (κ2) is 8.97. The quantitative estimate of drug-likeness (QED) is 0.762. The Hall–Kier alpha value is -2.44. The first-order valence-corrected chi connectivity index (χ1v) is 9.55. The van der Waals surface area contributed by atoms with Gasteiger partial charge in [-0.05, 0) is 44.2 Å². The molecule has 3 rings (SSSR count). The number of amides is 2. The van der Waals surface area contributed by atoms with Gasteiger partial charge in [-0.3, -0.25) is 9.59 Å². The molecule has 0 unspecified atom stereocenters. The number of benzene rings is 1. The first-order chi connectivity index (χ1) is 13.1. The summed E-state index contributed by atoms with van der Waals surface area (Å²) >= 11 is 0. The van der Waals surface area contributed by atoms with E-state index in [4.69, 9.17) is 14.2 Å². The van der Waals surface area contributed by atoms with Crippen molar-refractivity contribution in [1.82, 2.24) is 10.6 Å². The van der Waals surface area contributed by atoms with Gasteiger partial charge in [0.25, 0.3) is 0 Å². The number of hydrogen-bond acceptors (Lipinski definition) is 5. The number of methoxy groups -OCH3 is 2. The molecule has 1 saturated carbocycles. The SMILES string of the molecule is COc1cccc(OC2CCC(NC(=O)C[C@H]3CCC(=O)N3)CC2)c1OC. The maximum atomic E-state index is 12.2. The second-order valence-electron chi connectivity index (χ2n) is 7.16. The lowest BCUT2D eigenvalue weighted by atomic mass is 9.92. The fourth-order valence-electron chi connectivity index (χ4n) is 3.80. The average Bonchev–Trinajstić information content (AvgIpc) is 3.07. The summed E-state index contributed by atoms with van der Waals surface area (Å²) in [5, 5.41) is 5.93. The highest BCUT2D eigenvalue weighted by Gasteiger charge is 2.27. The van der Waals surface area contributed by atoms with Crippen LogP contribution in [-0.4, -0.2) is 44.2 Å². The maximum Gasteiger partial charge on any atom is 0.222 e. The summed E-state index contributed by atoms with van der Waals surface area (Å²) in [5.74, 6) is 1.99. The molecule has 7 nitrogen and oxygen atoms in total. The molecule has 27 heavy (non-hydrogen) atoms. The zero-order valence-corrected chi connectivity index (χ0v) is 16.0. The van der Waals surface area contributed by atoms with Crippen molar-refractivity contribution >= 4 is 11.8 Å². The lowest BCUT2D eigenvalue weighted by Crippen LogP contribution is -2.42. The van der Waals surface area contributed by atoms with Crippen molar-refractivity contribution in [2.24, 2.45) is 0 Å². The van der Waals surface area contributed by atoms with E-state index in [1.165, 1.54) is 0 Å². The maximum absolute atomic E-state index is 12.2. The van der Waals surface area contributed by atoms with Crippen LogP contribution in [0.3, 0.4) is 0 Å². The summed E-state index contributed by atoms with van der Waals surface area (Å²) in [4.78, 5) is 23.4. The van der Waals surface area contributed by atoms with Crippen molar-refractivity contribution in [2.75, 3.05) is 14.2 Å². The highest BCUT2D eigenvalue weighted by Crippen LogP contribution is 2.38. The molecule has 1 saturated heterocycles. The van der Waals surface area contributed by atoms with E-state index in [-0.39, 0.29) is 30.0 Å². The van der Waals surface area contributed by atoms with E-state index in [2.05, 4.69) is 10.6 Å². The molecule has 0 radical (unpaired) electrons. The van der Waals surface area contributed by atoms with Gasteiger partial charge in [0.15, 0.2) is 11.5 Å². The molecule has 1 aliphatic carbocycles. The predicted molar refractivity (Wildman–Crippen MR) is 100 cm³/mol. The van der Waals surface area contributed by atoms with Crippen LogP contribution in [0.2, 0.25) is 0 Å². The van der Waals surface area contributed by atoms with Crippen molar-refractivity contribution in [3.05, 3.63) is 18.2 Å². The van der Waals surface area contributed by atoms with E-state index >= 15 is 0 Å². The Morgan fingerprint density at radius 2 is 1.85 bits per heavy atom. The van der Waals surface area contributed by atoms with Gasteiger partial charge in [0.1, 0.15) is 0 Å². The summed E-state index contributed by atoms with van der Waals surface area (Å²) in [7, 11) is 3.20. The molecule has 1 aromatic rings. The van der Waals surface area contributed by atoms with Gasteiger partial charge >= 0.3 is 0 Å². The van der Waals surface area contributed by atoms with Crippen LogP contribution < -0.4 is 24.8 Å². The molecule has 2 N–H and O–H groups in total. The fourth-order valence-corrected chi connectivity index (χ4v) is 3.80. The van der Waals surface area contributed by atoms with Gasteiger partial charge in [-0.25, -0.2) is 0 Å². The number of rotatable bonds is 7. The normalized spacial score (nSPS) is 24.8. The molecule has 7 heteroatoms. The number of carbonyl (C=O) groups excluding carboxylic acids is 2. The monoisotopic (exact) mass is 376 g/mol. The number of ether oxygens (including phenoxy) is 3. The molecule has 2 amide bonds. The Labute approximate surface area is 159 Å². The minimum absolute atomic E-state index is 0.0148. The minimum atomic E-state index is -0.0160. The van der Waals surface area contributed by atoms with Crippen LogP contribution >= 0.6 is 0 Å². The summed E-state index contributed by atoms with van der Waals surface area (Å²) < 4.78 is 16.9. The first-order valence-electron chi connectivity index (χ1n) is 9.55. The van der Waals surface area contributed by atoms with Crippen LogP contribution in [0.15, 0.2) is 18.2 Å². The van der Waals surface area contributed by atoms with Gasteiger partial charge in [0.2, 0.25) is 17.6 Å². The van der Waals surface area contributed by atoms with Gasteiger partial charge < -0.3 is 24.8 Å². The van der Waals surface area contributed by atoms with Crippen molar-refractivity contribution in [3.63, 3.8) is 0 Å². The third-order valence-electron chi connectivity index (χ3n) is 5.22. The van der Waals surface area contributed by atoms with E-state index in [1.54, 1.807) is 14.2 Å². The Kier molecular flexibility index (Phi) is 6.42. The average molecular weight is 376 g/mol. The fraction of sp³-hybridized carbons (Fsp3) is 0.600. The molecule has 2 aliphatic rings. The Bertz CT molecular complexity index is 670. The van der Waals surface area contributed by atoms with Gasteiger partial charge in [-0.15, -0.1) is 0 Å². The van der Waals surface area contributed by atoms with Crippen LogP contribution in [0, 0.1) is 0 Å². The van der Waals surface area contributed by atoms with Crippen molar-refractivity contribution < 1.29 is 23.8 Å². The van der Waals surface area contributed by atoms with Crippen LogP contribution in [0.4, 0.5) is 0 Å². The molecule has 2 fully saturated rings. The molecule has 0 spiro atoms. The lowest BCUT2D eigenvalue weighted by molar-refractivity contribution is -0.122. The summed E-state index contributed by atoms with van der Waals surface area (Å²) in [6.45, 7) is 0. The summed E-state index contributed by atoms with van der Waals surface area (Å²) in [6, 6.07) is 5.75. The molecule has 1 atom stereocenters. The Morgan fingerprint density at radius 3 is 2.48 bits per heavy atom. The van der Waals surface area contributed by atoms with E-state index in [0.29, 0.717) is 30.1 Å². The highest BCUT2D eigenvalue weighted by atomic mass is 16.5. The van der Waals surface area contributed by atoms with Crippen molar-refractivity contribution in [1.29, 1.82) is 0 Å². The number of carbonyl (C=O) groups is 2. The van der Waals surface area contributed by atoms with Gasteiger partial charge in [-0.1, -0.05) is 6.07 Å². The molecule has 1 aromatic carbocycles. The third kappa shape index (κ3) is 5.05. The highest BCUT2D eigenvalue weighted by molar-refractivity contribution is 5.82. The lowest BCUT2D eigenvalue weighted by Gasteiger charge is -2.30. The van der Waals surface area contributed by atoms with Crippen LogP contribution in [-0.2, 0) is 9.59 Å². The van der Waals surface area contributed by atoms with Crippen molar-refractivity contribution in [2.45, 2.75) is 63.1 Å². The standard InChI is InChI=1S/C20H28N2O5/c1-25-16-4-3-5-17(20(16)26-2)27-15-9-6-13(7-10-15)21-19(24)12-14-8-11-18(23)22-14/h3-5,13-15H,6-12H2,1-2H3,(H,21,24)(H,22,23)/t13?,14-,15?/m1/s1. The zero-order chi connectivity index (χ0) is 19.2. The second-order valence-corrected chi connectivity index (χ2v) is 7.16. The van der Waals surface area contributed by atoms with Gasteiger partial charge in [0, 0.05) is 24.9 Å². The molecular weight excluding hydrogens is 348 g/mol. The summed E-state index contributed by atoms with van der Waals surface area (Å²) in [6.07, 6.45) is 5.20. The Balaban J connectivity index is 1.45. The van der Waals surface area contributed by atoms with Crippen LogP contribution in [0.5, 0.6) is 17.2 Å². The number of para-hydroxylation sites is 1. The molecule has 0 aromatic heterocycles. The topological polar surface area (TPSA) is 85.9 Å². The summed E-state index contributed by atoms with van der Waals surface area (Å²) in [5.41, 5.74) is 0. The van der Waals surface area contributed by atoms with Gasteiger partial charge in [0.05, 0.1) is 20.3 Å². The first kappa shape index (κ1) is 19.3. The molecule has 1 heterocycles. The molecule has 1 aliphatic heterocycles. The third-order valence-corrected chi connectivity index (χ3v) is 5.22. The molecule has 0 bridgehead atoms. The number of hydrogen-bond donors (Lipinski definition) is 2. The van der Waals surface area contributed by atoms with Crippen molar-refractivity contribution in [3.8, 4) is 17.2 Å². The van der Waals surface area contributed by atoms with Gasteiger partial charge in [-0.2, -0.15) is 0 Å². The van der Waals surface area contributed by atoms with Crippen LogP contribution in [0.1, 0.15) is 44.9 Å². The predicted octanol–water partition coefficient (Wildman–Crippen LogP) is 2.18. The smallest absolute Gasteiger partial charge is 0.222 e. The van der Waals surface area contributed by atoms with E-state index in [1.807, 2.05) is 18.2 Å². The van der Waals surface area contributed by atoms with E-state index < -0.39 is 0 Å². The zero-order valence-electron chi connectivity index (χ0n) is 16.0. The minimum Gasteiger partial charge on any atom is -0.493 e. The number of nitrogens with one attached hydrogen (secondary N) is 2. The van der Waals surface area contributed by atoms with Crippen LogP contribution in [0.25, 0.3) is 0 Å². The van der Waals surface area contributed by atoms with E-state index in [0.717, 1.165) is 32.1 Å². The van der Waals surface area contributed by atoms with E-state index in [9.17, 15) is 9.59 Å².